The van der Waals surface area contributed by atoms with Crippen LogP contribution < -0.4 is 14.4 Å². The largest absolute Gasteiger partial charge is 0.497 e. The molecular formula is C27H28N4O3S. The summed E-state index contributed by atoms with van der Waals surface area (Å²) in [6.45, 7) is 4.58. The van der Waals surface area contributed by atoms with Crippen molar-refractivity contribution in [2.45, 2.75) is 19.0 Å². The predicted molar refractivity (Wildman–Crippen MR) is 140 cm³/mol. The standard InChI is InChI=1S/C27H28N4O3S/c1-5-30(23-12-8-6-10-19(23)2)25(32)18-35-27-29-28-26(22-11-7-9-13-24(22)34-4)31(27)20-14-16-21(33-3)17-15-20/h6-17H,5,18H2,1-4H3. The van der Waals surface area contributed by atoms with Crippen molar-refractivity contribution in [3.05, 3.63) is 78.4 Å². The Balaban J connectivity index is 1.69. The first kappa shape index (κ1) is 24.3. The molecule has 0 aliphatic rings. The average Bonchev–Trinajstić information content (AvgIpc) is 3.32. The van der Waals surface area contributed by atoms with Crippen molar-refractivity contribution in [3.8, 4) is 28.6 Å². The molecule has 3 aromatic carbocycles. The predicted octanol–water partition coefficient (Wildman–Crippen LogP) is 5.41. The van der Waals surface area contributed by atoms with E-state index in [9.17, 15) is 4.79 Å². The van der Waals surface area contributed by atoms with E-state index >= 15 is 0 Å². The van der Waals surface area contributed by atoms with Crippen molar-refractivity contribution < 1.29 is 14.3 Å². The van der Waals surface area contributed by atoms with Gasteiger partial charge in [-0.25, -0.2) is 0 Å². The molecule has 0 spiro atoms. The minimum atomic E-state index is 0.00919. The van der Waals surface area contributed by atoms with Crippen molar-refractivity contribution in [1.82, 2.24) is 14.8 Å². The zero-order valence-corrected chi connectivity index (χ0v) is 21.1. The lowest BCUT2D eigenvalue weighted by Gasteiger charge is -2.22. The molecule has 0 aliphatic heterocycles. The minimum absolute atomic E-state index is 0.00919. The van der Waals surface area contributed by atoms with E-state index in [1.807, 2.05) is 91.2 Å². The summed E-state index contributed by atoms with van der Waals surface area (Å²) >= 11 is 1.36. The maximum Gasteiger partial charge on any atom is 0.237 e. The number of ether oxygens (including phenoxy) is 2. The Hall–Kier alpha value is -3.78. The molecule has 0 atom stereocenters. The number of methoxy groups -OCH3 is 2. The van der Waals surface area contributed by atoms with Gasteiger partial charge in [0.25, 0.3) is 0 Å². The highest BCUT2D eigenvalue weighted by Crippen LogP contribution is 2.34. The van der Waals surface area contributed by atoms with E-state index in [2.05, 4.69) is 10.2 Å². The number of thioether (sulfide) groups is 1. The molecule has 0 bridgehead atoms. The second-order valence-corrected chi connectivity index (χ2v) is 8.70. The van der Waals surface area contributed by atoms with Crippen LogP contribution in [0.2, 0.25) is 0 Å². The van der Waals surface area contributed by atoms with Gasteiger partial charge in [-0.05, 0) is 61.9 Å². The fourth-order valence-corrected chi connectivity index (χ4v) is 4.71. The summed E-state index contributed by atoms with van der Waals surface area (Å²) in [6.07, 6.45) is 0. The number of rotatable bonds is 9. The van der Waals surface area contributed by atoms with Crippen molar-refractivity contribution in [2.75, 3.05) is 31.4 Å². The summed E-state index contributed by atoms with van der Waals surface area (Å²) in [5.74, 6) is 2.31. The Kier molecular flexibility index (Phi) is 7.72. The fourth-order valence-electron chi connectivity index (χ4n) is 3.88. The summed E-state index contributed by atoms with van der Waals surface area (Å²) in [5, 5.41) is 9.55. The van der Waals surface area contributed by atoms with Gasteiger partial charge in [0.1, 0.15) is 11.5 Å². The smallest absolute Gasteiger partial charge is 0.237 e. The Labute approximate surface area is 209 Å². The molecule has 4 aromatic rings. The molecule has 0 fully saturated rings. The van der Waals surface area contributed by atoms with Gasteiger partial charge in [-0.15, -0.1) is 10.2 Å². The van der Waals surface area contributed by atoms with Gasteiger partial charge in [0.15, 0.2) is 11.0 Å². The second kappa shape index (κ2) is 11.1. The number of anilines is 1. The van der Waals surface area contributed by atoms with Gasteiger partial charge in [0.2, 0.25) is 5.91 Å². The number of aromatic nitrogens is 3. The molecular weight excluding hydrogens is 460 g/mol. The SMILES string of the molecule is CCN(C(=O)CSc1nnc(-c2ccccc2OC)n1-c1ccc(OC)cc1)c1ccccc1C. The molecule has 1 amide bonds. The first-order chi connectivity index (χ1) is 17.1. The molecule has 35 heavy (non-hydrogen) atoms. The third-order valence-corrected chi connectivity index (χ3v) is 6.57. The van der Waals surface area contributed by atoms with E-state index in [0.29, 0.717) is 23.3 Å². The Morgan fingerprint density at radius 1 is 0.943 bits per heavy atom. The second-order valence-electron chi connectivity index (χ2n) is 7.75. The molecule has 4 rings (SSSR count). The van der Waals surface area contributed by atoms with Crippen LogP contribution in [0.1, 0.15) is 12.5 Å². The lowest BCUT2D eigenvalue weighted by atomic mass is 10.2. The third-order valence-electron chi connectivity index (χ3n) is 5.66. The number of amides is 1. The number of carbonyl (C=O) groups excluding carboxylic acids is 1. The topological polar surface area (TPSA) is 69.5 Å². The number of para-hydroxylation sites is 2. The van der Waals surface area contributed by atoms with Gasteiger partial charge in [0, 0.05) is 12.2 Å². The summed E-state index contributed by atoms with van der Waals surface area (Å²) < 4.78 is 12.8. The maximum absolute atomic E-state index is 13.2. The first-order valence-electron chi connectivity index (χ1n) is 11.3. The number of hydrogen-bond acceptors (Lipinski definition) is 6. The number of hydrogen-bond donors (Lipinski definition) is 0. The van der Waals surface area contributed by atoms with Gasteiger partial charge >= 0.3 is 0 Å². The Morgan fingerprint density at radius 2 is 1.66 bits per heavy atom. The van der Waals surface area contributed by atoms with Gasteiger partial charge in [-0.3, -0.25) is 9.36 Å². The average molecular weight is 489 g/mol. The van der Waals surface area contributed by atoms with E-state index in [4.69, 9.17) is 9.47 Å². The number of nitrogens with zero attached hydrogens (tertiary/aromatic N) is 4. The molecule has 0 unspecified atom stereocenters. The summed E-state index contributed by atoms with van der Waals surface area (Å²) in [4.78, 5) is 15.0. The van der Waals surface area contributed by atoms with Crippen LogP contribution in [0.15, 0.2) is 78.0 Å². The van der Waals surface area contributed by atoms with Crippen molar-refractivity contribution in [3.63, 3.8) is 0 Å². The minimum Gasteiger partial charge on any atom is -0.497 e. The lowest BCUT2D eigenvalue weighted by molar-refractivity contribution is -0.116. The molecule has 0 saturated heterocycles. The maximum atomic E-state index is 13.2. The molecule has 180 valence electrons. The highest BCUT2D eigenvalue weighted by Gasteiger charge is 2.22. The van der Waals surface area contributed by atoms with E-state index in [-0.39, 0.29) is 11.7 Å². The molecule has 7 nitrogen and oxygen atoms in total. The molecule has 1 heterocycles. The van der Waals surface area contributed by atoms with E-state index in [1.165, 1.54) is 11.8 Å². The number of aryl methyl sites for hydroxylation is 1. The van der Waals surface area contributed by atoms with Crippen LogP contribution in [0.3, 0.4) is 0 Å². The summed E-state index contributed by atoms with van der Waals surface area (Å²) in [5.41, 5.74) is 3.66. The van der Waals surface area contributed by atoms with Gasteiger partial charge in [0.05, 0.1) is 31.2 Å². The van der Waals surface area contributed by atoms with Crippen LogP contribution in [0.5, 0.6) is 11.5 Å². The molecule has 1 aromatic heterocycles. The molecule has 8 heteroatoms. The summed E-state index contributed by atoms with van der Waals surface area (Å²) in [7, 11) is 3.26. The number of benzene rings is 3. The highest BCUT2D eigenvalue weighted by molar-refractivity contribution is 7.99. The van der Waals surface area contributed by atoms with Crippen molar-refractivity contribution in [2.24, 2.45) is 0 Å². The number of carbonyl (C=O) groups is 1. The monoisotopic (exact) mass is 488 g/mol. The molecule has 0 N–H and O–H groups in total. The van der Waals surface area contributed by atoms with Gasteiger partial charge in [-0.2, -0.15) is 0 Å². The zero-order valence-electron chi connectivity index (χ0n) is 20.3. The van der Waals surface area contributed by atoms with Crippen LogP contribution in [0, 0.1) is 6.92 Å². The molecule has 0 saturated carbocycles. The Morgan fingerprint density at radius 3 is 2.34 bits per heavy atom. The molecule has 0 aliphatic carbocycles. The van der Waals surface area contributed by atoms with Crippen LogP contribution in [0.25, 0.3) is 17.1 Å². The van der Waals surface area contributed by atoms with E-state index in [0.717, 1.165) is 28.3 Å². The quantitative estimate of drug-likeness (QED) is 0.294. The zero-order chi connectivity index (χ0) is 24.8. The van der Waals surface area contributed by atoms with Crippen LogP contribution >= 0.6 is 11.8 Å². The van der Waals surface area contributed by atoms with E-state index in [1.54, 1.807) is 19.1 Å². The lowest BCUT2D eigenvalue weighted by Crippen LogP contribution is -2.32. The normalized spacial score (nSPS) is 10.7. The van der Waals surface area contributed by atoms with Crippen LogP contribution in [0.4, 0.5) is 5.69 Å². The van der Waals surface area contributed by atoms with Gasteiger partial charge in [-0.1, -0.05) is 42.1 Å². The Bertz CT molecular complexity index is 1300. The summed E-state index contributed by atoms with van der Waals surface area (Å²) in [6, 6.07) is 23.2. The van der Waals surface area contributed by atoms with E-state index < -0.39 is 0 Å². The first-order valence-corrected chi connectivity index (χ1v) is 12.3. The highest BCUT2D eigenvalue weighted by atomic mass is 32.2. The third kappa shape index (κ3) is 5.17. The van der Waals surface area contributed by atoms with Crippen molar-refractivity contribution >= 4 is 23.4 Å². The molecule has 0 radical (unpaired) electrons. The van der Waals surface area contributed by atoms with Gasteiger partial charge < -0.3 is 14.4 Å². The van der Waals surface area contributed by atoms with Crippen molar-refractivity contribution in [1.29, 1.82) is 0 Å². The van der Waals surface area contributed by atoms with Crippen LogP contribution in [-0.2, 0) is 4.79 Å². The fraction of sp³-hybridized carbons (Fsp3) is 0.222. The van der Waals surface area contributed by atoms with Crippen LogP contribution in [-0.4, -0.2) is 47.2 Å².